The normalized spacial score (nSPS) is 12.4. The Morgan fingerprint density at radius 1 is 1.10 bits per heavy atom. The first kappa shape index (κ1) is 13.8. The average molecular weight is 297 g/mol. The van der Waals surface area contributed by atoms with E-state index >= 15 is 0 Å². The van der Waals surface area contributed by atoms with Gasteiger partial charge in [-0.25, -0.2) is 0 Å². The highest BCUT2D eigenvalue weighted by molar-refractivity contribution is 7.09. The highest BCUT2D eigenvalue weighted by Gasteiger charge is 2.19. The zero-order valence-electron chi connectivity index (χ0n) is 11.3. The highest BCUT2D eigenvalue weighted by atomic mass is 32.1. The first-order chi connectivity index (χ1) is 10.2. The fourth-order valence-corrected chi connectivity index (χ4v) is 3.01. The maximum absolute atomic E-state index is 11.5. The summed E-state index contributed by atoms with van der Waals surface area (Å²) in [6.45, 7) is 0.557. The van der Waals surface area contributed by atoms with Crippen LogP contribution in [0.3, 0.4) is 0 Å². The largest absolute Gasteiger partial charge is 0.480 e. The van der Waals surface area contributed by atoms with Crippen LogP contribution in [-0.4, -0.2) is 11.1 Å². The molecule has 106 valence electrons. The quantitative estimate of drug-likeness (QED) is 0.752. The van der Waals surface area contributed by atoms with Crippen molar-refractivity contribution in [2.24, 2.45) is 0 Å². The van der Waals surface area contributed by atoms with Crippen LogP contribution in [0.15, 0.2) is 60.0 Å². The number of benzene rings is 2. The second-order valence-electron chi connectivity index (χ2n) is 4.84. The van der Waals surface area contributed by atoms with Crippen LogP contribution in [-0.2, 0) is 11.3 Å². The number of thiophene rings is 1. The van der Waals surface area contributed by atoms with Crippen molar-refractivity contribution in [3.05, 3.63) is 70.4 Å². The zero-order chi connectivity index (χ0) is 14.7. The molecule has 0 saturated carbocycles. The molecule has 4 heteroatoms. The van der Waals surface area contributed by atoms with Crippen LogP contribution < -0.4 is 5.32 Å². The van der Waals surface area contributed by atoms with Crippen LogP contribution in [0.1, 0.15) is 16.5 Å². The Hall–Kier alpha value is -2.17. The summed E-state index contributed by atoms with van der Waals surface area (Å²) < 4.78 is 0. The molecule has 0 fully saturated rings. The van der Waals surface area contributed by atoms with Gasteiger partial charge in [-0.15, -0.1) is 11.3 Å². The van der Waals surface area contributed by atoms with Gasteiger partial charge in [-0.2, -0.15) is 0 Å². The van der Waals surface area contributed by atoms with Gasteiger partial charge in [0, 0.05) is 11.4 Å². The van der Waals surface area contributed by atoms with Gasteiger partial charge in [0.1, 0.15) is 6.04 Å². The molecule has 0 spiro atoms. The second-order valence-corrected chi connectivity index (χ2v) is 5.87. The number of hydrogen-bond acceptors (Lipinski definition) is 3. The SMILES string of the molecule is O=C(O)C(NCc1cccs1)c1ccc2ccccc2c1. The van der Waals surface area contributed by atoms with Crippen molar-refractivity contribution in [1.29, 1.82) is 0 Å². The molecule has 1 atom stereocenters. The summed E-state index contributed by atoms with van der Waals surface area (Å²) in [5.74, 6) is -0.859. The number of hydrogen-bond donors (Lipinski definition) is 2. The van der Waals surface area contributed by atoms with Crippen molar-refractivity contribution in [2.75, 3.05) is 0 Å². The fraction of sp³-hybridized carbons (Fsp3) is 0.118. The minimum absolute atomic E-state index is 0.557. The summed E-state index contributed by atoms with van der Waals surface area (Å²) in [7, 11) is 0. The summed E-state index contributed by atoms with van der Waals surface area (Å²) >= 11 is 1.62. The molecule has 0 radical (unpaired) electrons. The third kappa shape index (κ3) is 3.12. The maximum atomic E-state index is 11.5. The van der Waals surface area contributed by atoms with E-state index in [0.717, 1.165) is 21.2 Å². The molecule has 2 N–H and O–H groups in total. The van der Waals surface area contributed by atoms with Crippen molar-refractivity contribution in [3.63, 3.8) is 0 Å². The van der Waals surface area contributed by atoms with Crippen molar-refractivity contribution in [3.8, 4) is 0 Å². The molecule has 0 aliphatic heterocycles. The first-order valence-electron chi connectivity index (χ1n) is 6.71. The molecule has 0 aliphatic carbocycles. The van der Waals surface area contributed by atoms with Gasteiger partial charge in [-0.3, -0.25) is 10.1 Å². The van der Waals surface area contributed by atoms with E-state index in [1.807, 2.05) is 60.0 Å². The van der Waals surface area contributed by atoms with Gasteiger partial charge in [0.05, 0.1) is 0 Å². The molecule has 2 aromatic carbocycles. The number of fused-ring (bicyclic) bond motifs is 1. The number of carboxylic acid groups (broad SMARTS) is 1. The molecule has 3 aromatic rings. The molecule has 1 heterocycles. The molecule has 0 amide bonds. The predicted octanol–water partition coefficient (Wildman–Crippen LogP) is 3.82. The molecule has 0 saturated heterocycles. The lowest BCUT2D eigenvalue weighted by molar-refractivity contribution is -0.139. The van der Waals surface area contributed by atoms with Crippen molar-refractivity contribution in [2.45, 2.75) is 12.6 Å². The summed E-state index contributed by atoms with van der Waals surface area (Å²) in [4.78, 5) is 12.7. The Labute approximate surface area is 126 Å². The summed E-state index contributed by atoms with van der Waals surface area (Å²) in [5.41, 5.74) is 0.776. The smallest absolute Gasteiger partial charge is 0.325 e. The Balaban J connectivity index is 1.86. The van der Waals surface area contributed by atoms with E-state index in [-0.39, 0.29) is 0 Å². The van der Waals surface area contributed by atoms with Gasteiger partial charge in [0.25, 0.3) is 0 Å². The van der Waals surface area contributed by atoms with Crippen LogP contribution in [0.25, 0.3) is 10.8 Å². The van der Waals surface area contributed by atoms with Gasteiger partial charge in [0.2, 0.25) is 0 Å². The third-order valence-corrected chi connectivity index (χ3v) is 4.29. The van der Waals surface area contributed by atoms with Crippen LogP contribution in [0.5, 0.6) is 0 Å². The lowest BCUT2D eigenvalue weighted by atomic mass is 10.0. The van der Waals surface area contributed by atoms with E-state index in [1.54, 1.807) is 11.3 Å². The van der Waals surface area contributed by atoms with E-state index in [4.69, 9.17) is 0 Å². The molecule has 0 bridgehead atoms. The van der Waals surface area contributed by atoms with Crippen molar-refractivity contribution >= 4 is 28.1 Å². The van der Waals surface area contributed by atoms with E-state index in [2.05, 4.69) is 5.32 Å². The Morgan fingerprint density at radius 3 is 2.62 bits per heavy atom. The second kappa shape index (κ2) is 6.08. The summed E-state index contributed by atoms with van der Waals surface area (Å²) in [6, 6.07) is 17.0. The molecular formula is C17H15NO2S. The molecule has 1 unspecified atom stereocenters. The van der Waals surface area contributed by atoms with Gasteiger partial charge in [-0.1, -0.05) is 42.5 Å². The van der Waals surface area contributed by atoms with Crippen LogP contribution in [0.2, 0.25) is 0 Å². The molecule has 3 nitrogen and oxygen atoms in total. The molecular weight excluding hydrogens is 282 g/mol. The summed E-state index contributed by atoms with van der Waals surface area (Å²) in [5, 5.41) is 16.7. The van der Waals surface area contributed by atoms with Crippen LogP contribution in [0.4, 0.5) is 0 Å². The number of carboxylic acids is 1. The monoisotopic (exact) mass is 297 g/mol. The Kier molecular flexibility index (Phi) is 3.99. The molecule has 0 aliphatic rings. The number of carbonyl (C=O) groups is 1. The van der Waals surface area contributed by atoms with E-state index in [9.17, 15) is 9.90 Å². The first-order valence-corrected chi connectivity index (χ1v) is 7.59. The molecule has 21 heavy (non-hydrogen) atoms. The van der Waals surface area contributed by atoms with E-state index in [1.165, 1.54) is 0 Å². The minimum atomic E-state index is -0.859. The number of nitrogens with one attached hydrogen (secondary N) is 1. The predicted molar refractivity (Wildman–Crippen MR) is 85.5 cm³/mol. The fourth-order valence-electron chi connectivity index (χ4n) is 2.35. The van der Waals surface area contributed by atoms with Crippen LogP contribution >= 0.6 is 11.3 Å². The van der Waals surface area contributed by atoms with Gasteiger partial charge in [-0.05, 0) is 33.8 Å². The minimum Gasteiger partial charge on any atom is -0.480 e. The van der Waals surface area contributed by atoms with Gasteiger partial charge < -0.3 is 5.11 Å². The van der Waals surface area contributed by atoms with Gasteiger partial charge in [0.15, 0.2) is 0 Å². The lowest BCUT2D eigenvalue weighted by Crippen LogP contribution is -2.27. The number of rotatable bonds is 5. The third-order valence-electron chi connectivity index (χ3n) is 3.41. The standard InChI is InChI=1S/C17H15NO2S/c19-17(20)16(18-11-15-6-3-9-21-15)14-8-7-12-4-1-2-5-13(12)10-14/h1-10,16,18H,11H2,(H,19,20). The average Bonchev–Trinajstić information content (AvgIpc) is 3.00. The van der Waals surface area contributed by atoms with Crippen molar-refractivity contribution < 1.29 is 9.90 Å². The molecule has 3 rings (SSSR count). The zero-order valence-corrected chi connectivity index (χ0v) is 12.1. The lowest BCUT2D eigenvalue weighted by Gasteiger charge is -2.15. The van der Waals surface area contributed by atoms with Crippen molar-refractivity contribution in [1.82, 2.24) is 5.32 Å². The number of aliphatic carboxylic acids is 1. The van der Waals surface area contributed by atoms with Gasteiger partial charge >= 0.3 is 5.97 Å². The Bertz CT molecular complexity index is 752. The Morgan fingerprint density at radius 2 is 1.90 bits per heavy atom. The van der Waals surface area contributed by atoms with E-state index in [0.29, 0.717) is 6.54 Å². The molecule has 1 aromatic heterocycles. The van der Waals surface area contributed by atoms with Crippen LogP contribution in [0, 0.1) is 0 Å². The van der Waals surface area contributed by atoms with E-state index < -0.39 is 12.0 Å². The highest BCUT2D eigenvalue weighted by Crippen LogP contribution is 2.21. The summed E-state index contributed by atoms with van der Waals surface area (Å²) in [6.07, 6.45) is 0. The maximum Gasteiger partial charge on any atom is 0.325 e. The topological polar surface area (TPSA) is 49.3 Å².